The first-order valence-corrected chi connectivity index (χ1v) is 3.67. The highest BCUT2D eigenvalue weighted by atomic mass is 19.2. The Morgan fingerprint density at radius 1 is 1.33 bits per heavy atom. The van der Waals surface area contributed by atoms with Crippen molar-refractivity contribution in [3.8, 4) is 0 Å². The molecular formula is C9H10F2O. The van der Waals surface area contributed by atoms with Crippen LogP contribution < -0.4 is 0 Å². The molecule has 0 saturated heterocycles. The predicted octanol–water partition coefficient (Wildman–Crippen LogP) is 2.15. The van der Waals surface area contributed by atoms with Crippen molar-refractivity contribution in [3.63, 3.8) is 0 Å². The zero-order chi connectivity index (χ0) is 8.97. The Morgan fingerprint density at radius 2 is 2.08 bits per heavy atom. The predicted molar refractivity (Wildman–Crippen MR) is 41.9 cm³/mol. The van der Waals surface area contributed by atoms with Crippen LogP contribution in [-0.2, 0) is 11.2 Å². The summed E-state index contributed by atoms with van der Waals surface area (Å²) in [5.74, 6) is -1.57. The average molecular weight is 172 g/mol. The summed E-state index contributed by atoms with van der Waals surface area (Å²) < 4.78 is 30.2. The summed E-state index contributed by atoms with van der Waals surface area (Å²) in [5, 5.41) is 0. The van der Waals surface area contributed by atoms with E-state index < -0.39 is 11.6 Å². The fourth-order valence-electron chi connectivity index (χ4n) is 0.954. The molecule has 0 aliphatic heterocycles. The molecular weight excluding hydrogens is 162 g/mol. The third kappa shape index (κ3) is 2.01. The van der Waals surface area contributed by atoms with E-state index in [9.17, 15) is 8.78 Å². The fourth-order valence-corrected chi connectivity index (χ4v) is 0.954. The molecule has 1 aromatic carbocycles. The summed E-state index contributed by atoms with van der Waals surface area (Å²) in [5.41, 5.74) is 0.358. The minimum atomic E-state index is -0.802. The van der Waals surface area contributed by atoms with Crippen LogP contribution in [0.1, 0.15) is 5.56 Å². The number of hydrogen-bond acceptors (Lipinski definition) is 1. The molecule has 0 heterocycles. The lowest BCUT2D eigenvalue weighted by Gasteiger charge is -2.01. The van der Waals surface area contributed by atoms with Crippen molar-refractivity contribution >= 4 is 0 Å². The number of methoxy groups -OCH3 is 1. The summed E-state index contributed by atoms with van der Waals surface area (Å²) in [6.45, 7) is 0.403. The van der Waals surface area contributed by atoms with E-state index in [1.807, 2.05) is 0 Å². The maximum Gasteiger partial charge on any atom is 0.162 e. The maximum atomic E-state index is 12.9. The van der Waals surface area contributed by atoms with E-state index in [-0.39, 0.29) is 0 Å². The second kappa shape index (κ2) is 4.16. The first-order chi connectivity index (χ1) is 5.75. The molecule has 0 unspecified atom stereocenters. The van der Waals surface area contributed by atoms with Gasteiger partial charge in [0.15, 0.2) is 11.6 Å². The Balaban J connectivity index is 2.78. The van der Waals surface area contributed by atoms with E-state index in [0.717, 1.165) is 6.07 Å². The molecule has 12 heavy (non-hydrogen) atoms. The lowest BCUT2D eigenvalue weighted by molar-refractivity contribution is 0.201. The van der Waals surface area contributed by atoms with Crippen molar-refractivity contribution in [2.24, 2.45) is 0 Å². The molecule has 0 aliphatic rings. The summed E-state index contributed by atoms with van der Waals surface area (Å²) in [6.07, 6.45) is 0.403. The van der Waals surface area contributed by atoms with Crippen molar-refractivity contribution in [2.45, 2.75) is 6.42 Å². The number of ether oxygens (including phenoxy) is 1. The van der Waals surface area contributed by atoms with Crippen LogP contribution >= 0.6 is 0 Å². The first kappa shape index (κ1) is 9.13. The second-order valence-electron chi connectivity index (χ2n) is 2.46. The number of halogens is 2. The minimum absolute atomic E-state index is 0.358. The minimum Gasteiger partial charge on any atom is -0.384 e. The Kier molecular flexibility index (Phi) is 3.17. The van der Waals surface area contributed by atoms with Gasteiger partial charge in [-0.1, -0.05) is 12.1 Å². The Bertz CT molecular complexity index is 261. The highest BCUT2D eigenvalue weighted by molar-refractivity contribution is 5.18. The largest absolute Gasteiger partial charge is 0.384 e. The molecule has 0 saturated carbocycles. The third-order valence-electron chi connectivity index (χ3n) is 1.61. The summed E-state index contributed by atoms with van der Waals surface area (Å²) >= 11 is 0. The molecule has 3 heteroatoms. The van der Waals surface area contributed by atoms with Gasteiger partial charge in [0.05, 0.1) is 6.61 Å². The van der Waals surface area contributed by atoms with Crippen LogP contribution in [-0.4, -0.2) is 13.7 Å². The van der Waals surface area contributed by atoms with E-state index in [1.165, 1.54) is 13.2 Å². The lowest BCUT2D eigenvalue weighted by Crippen LogP contribution is -1.99. The highest BCUT2D eigenvalue weighted by Crippen LogP contribution is 2.11. The topological polar surface area (TPSA) is 9.23 Å². The molecule has 66 valence electrons. The average Bonchev–Trinajstić information content (AvgIpc) is 2.08. The molecule has 0 spiro atoms. The lowest BCUT2D eigenvalue weighted by atomic mass is 10.1. The first-order valence-electron chi connectivity index (χ1n) is 3.67. The van der Waals surface area contributed by atoms with E-state index in [1.54, 1.807) is 6.07 Å². The van der Waals surface area contributed by atoms with Gasteiger partial charge in [-0.3, -0.25) is 0 Å². The normalized spacial score (nSPS) is 10.2. The van der Waals surface area contributed by atoms with Crippen molar-refractivity contribution in [1.29, 1.82) is 0 Å². The Morgan fingerprint density at radius 3 is 2.75 bits per heavy atom. The van der Waals surface area contributed by atoms with E-state index >= 15 is 0 Å². The van der Waals surface area contributed by atoms with E-state index in [2.05, 4.69) is 0 Å². The molecule has 0 aliphatic carbocycles. The monoisotopic (exact) mass is 172 g/mol. The van der Waals surface area contributed by atoms with Gasteiger partial charge in [0.1, 0.15) is 0 Å². The van der Waals surface area contributed by atoms with Gasteiger partial charge in [-0.25, -0.2) is 8.78 Å². The Labute approximate surface area is 70.0 Å². The molecule has 1 rings (SSSR count). The van der Waals surface area contributed by atoms with E-state index in [0.29, 0.717) is 18.6 Å². The van der Waals surface area contributed by atoms with Crippen molar-refractivity contribution in [1.82, 2.24) is 0 Å². The van der Waals surface area contributed by atoms with Gasteiger partial charge in [-0.15, -0.1) is 0 Å². The number of benzene rings is 1. The van der Waals surface area contributed by atoms with Crippen LogP contribution in [0.3, 0.4) is 0 Å². The van der Waals surface area contributed by atoms with Gasteiger partial charge in [-0.05, 0) is 18.1 Å². The molecule has 0 radical (unpaired) electrons. The zero-order valence-electron chi connectivity index (χ0n) is 6.81. The van der Waals surface area contributed by atoms with Crippen LogP contribution in [0.2, 0.25) is 0 Å². The van der Waals surface area contributed by atoms with Crippen molar-refractivity contribution < 1.29 is 13.5 Å². The van der Waals surface area contributed by atoms with Crippen molar-refractivity contribution in [2.75, 3.05) is 13.7 Å². The summed E-state index contributed by atoms with van der Waals surface area (Å²) in [4.78, 5) is 0. The SMILES string of the molecule is COCCc1cccc(F)c1F. The molecule has 1 aromatic rings. The Hall–Kier alpha value is -0.960. The smallest absolute Gasteiger partial charge is 0.162 e. The van der Waals surface area contributed by atoms with E-state index in [4.69, 9.17) is 4.74 Å². The summed E-state index contributed by atoms with van der Waals surface area (Å²) in [7, 11) is 1.53. The zero-order valence-corrected chi connectivity index (χ0v) is 6.81. The second-order valence-corrected chi connectivity index (χ2v) is 2.46. The molecule has 0 atom stereocenters. The van der Waals surface area contributed by atoms with Gasteiger partial charge < -0.3 is 4.74 Å². The van der Waals surface area contributed by atoms with Crippen LogP contribution in [0.25, 0.3) is 0 Å². The summed E-state index contributed by atoms with van der Waals surface area (Å²) in [6, 6.07) is 4.15. The molecule has 0 fully saturated rings. The third-order valence-corrected chi connectivity index (χ3v) is 1.61. The van der Waals surface area contributed by atoms with Crippen LogP contribution in [0.5, 0.6) is 0 Å². The molecule has 0 N–H and O–H groups in total. The molecule has 0 amide bonds. The van der Waals surface area contributed by atoms with Crippen LogP contribution in [0.4, 0.5) is 8.78 Å². The standard InChI is InChI=1S/C9H10F2O/c1-12-6-5-7-3-2-4-8(10)9(7)11/h2-4H,5-6H2,1H3. The van der Waals surface area contributed by atoms with Gasteiger partial charge >= 0.3 is 0 Å². The fraction of sp³-hybridized carbons (Fsp3) is 0.333. The number of rotatable bonds is 3. The van der Waals surface area contributed by atoms with Gasteiger partial charge in [-0.2, -0.15) is 0 Å². The van der Waals surface area contributed by atoms with Gasteiger partial charge in [0.2, 0.25) is 0 Å². The van der Waals surface area contributed by atoms with Crippen LogP contribution in [0.15, 0.2) is 18.2 Å². The van der Waals surface area contributed by atoms with Gasteiger partial charge in [0, 0.05) is 7.11 Å². The quantitative estimate of drug-likeness (QED) is 0.678. The molecule has 1 nitrogen and oxygen atoms in total. The maximum absolute atomic E-state index is 12.9. The highest BCUT2D eigenvalue weighted by Gasteiger charge is 2.05. The van der Waals surface area contributed by atoms with Crippen molar-refractivity contribution in [3.05, 3.63) is 35.4 Å². The molecule has 0 aromatic heterocycles. The van der Waals surface area contributed by atoms with Crippen LogP contribution in [0, 0.1) is 11.6 Å². The van der Waals surface area contributed by atoms with Gasteiger partial charge in [0.25, 0.3) is 0 Å². The number of hydrogen-bond donors (Lipinski definition) is 0. The molecule has 0 bridgehead atoms.